The van der Waals surface area contributed by atoms with Crippen LogP contribution >= 0.6 is 0 Å². The SMILES string of the molecule is O=C(CNc1cccc(OCc2ccccc2)c1)N1CCCCCC1. The van der Waals surface area contributed by atoms with Crippen LogP contribution in [0.5, 0.6) is 5.75 Å². The fourth-order valence-electron chi connectivity index (χ4n) is 3.05. The van der Waals surface area contributed by atoms with Gasteiger partial charge in [0.15, 0.2) is 0 Å². The second-order valence-electron chi connectivity index (χ2n) is 6.45. The summed E-state index contributed by atoms with van der Waals surface area (Å²) in [5.41, 5.74) is 2.05. The summed E-state index contributed by atoms with van der Waals surface area (Å²) in [6.45, 7) is 2.65. The molecule has 1 amide bonds. The highest BCUT2D eigenvalue weighted by Gasteiger charge is 2.14. The zero-order valence-electron chi connectivity index (χ0n) is 14.6. The van der Waals surface area contributed by atoms with E-state index in [9.17, 15) is 4.79 Å². The minimum absolute atomic E-state index is 0.178. The molecular formula is C21H26N2O2. The Labute approximate surface area is 149 Å². The minimum Gasteiger partial charge on any atom is -0.489 e. The van der Waals surface area contributed by atoms with Crippen LogP contribution in [0.2, 0.25) is 0 Å². The number of nitrogens with zero attached hydrogens (tertiary/aromatic N) is 1. The number of hydrogen-bond donors (Lipinski definition) is 1. The molecule has 1 aliphatic rings. The third-order valence-corrected chi connectivity index (χ3v) is 4.48. The zero-order chi connectivity index (χ0) is 17.3. The quantitative estimate of drug-likeness (QED) is 0.863. The molecule has 2 aromatic rings. The van der Waals surface area contributed by atoms with Crippen LogP contribution < -0.4 is 10.1 Å². The molecule has 0 unspecified atom stereocenters. The van der Waals surface area contributed by atoms with E-state index in [1.165, 1.54) is 12.8 Å². The van der Waals surface area contributed by atoms with E-state index in [1.54, 1.807) is 0 Å². The third-order valence-electron chi connectivity index (χ3n) is 4.48. The van der Waals surface area contributed by atoms with Crippen LogP contribution in [-0.4, -0.2) is 30.4 Å². The maximum Gasteiger partial charge on any atom is 0.241 e. The third kappa shape index (κ3) is 5.52. The van der Waals surface area contributed by atoms with E-state index in [0.717, 1.165) is 42.9 Å². The lowest BCUT2D eigenvalue weighted by Gasteiger charge is -2.20. The topological polar surface area (TPSA) is 41.6 Å². The lowest BCUT2D eigenvalue weighted by molar-refractivity contribution is -0.129. The standard InChI is InChI=1S/C21H26N2O2/c24-21(23-13-6-1-2-7-14-23)16-22-19-11-8-12-20(15-19)25-17-18-9-4-3-5-10-18/h3-5,8-12,15,22H,1-2,6-7,13-14,16-17H2. The second-order valence-corrected chi connectivity index (χ2v) is 6.45. The Morgan fingerprint density at radius 1 is 0.960 bits per heavy atom. The van der Waals surface area contributed by atoms with E-state index < -0.39 is 0 Å². The summed E-state index contributed by atoms with van der Waals surface area (Å²) in [5, 5.41) is 3.23. The van der Waals surface area contributed by atoms with Crippen molar-refractivity contribution in [3.05, 3.63) is 60.2 Å². The highest BCUT2D eigenvalue weighted by molar-refractivity contribution is 5.81. The fourth-order valence-corrected chi connectivity index (χ4v) is 3.05. The first-order valence-corrected chi connectivity index (χ1v) is 9.10. The zero-order valence-corrected chi connectivity index (χ0v) is 14.6. The Hall–Kier alpha value is -2.49. The summed E-state index contributed by atoms with van der Waals surface area (Å²) in [4.78, 5) is 14.3. The Bertz CT molecular complexity index is 665. The summed E-state index contributed by atoms with van der Waals surface area (Å²) < 4.78 is 5.84. The van der Waals surface area contributed by atoms with Gasteiger partial charge < -0.3 is 15.0 Å². The molecule has 0 saturated carbocycles. The number of anilines is 1. The Kier molecular flexibility index (Phi) is 6.32. The smallest absolute Gasteiger partial charge is 0.241 e. The Balaban J connectivity index is 1.50. The molecule has 2 aromatic carbocycles. The lowest BCUT2D eigenvalue weighted by Crippen LogP contribution is -2.36. The van der Waals surface area contributed by atoms with Crippen molar-refractivity contribution in [3.8, 4) is 5.75 Å². The summed E-state index contributed by atoms with van der Waals surface area (Å²) >= 11 is 0. The Morgan fingerprint density at radius 3 is 2.48 bits per heavy atom. The van der Waals surface area contributed by atoms with E-state index in [0.29, 0.717) is 13.2 Å². The van der Waals surface area contributed by atoms with E-state index in [2.05, 4.69) is 5.32 Å². The molecule has 4 heteroatoms. The van der Waals surface area contributed by atoms with Crippen LogP contribution in [0.4, 0.5) is 5.69 Å². The van der Waals surface area contributed by atoms with E-state index in [1.807, 2.05) is 59.5 Å². The average Bonchev–Trinajstić information content (AvgIpc) is 2.95. The lowest BCUT2D eigenvalue weighted by atomic mass is 10.2. The number of benzene rings is 2. The van der Waals surface area contributed by atoms with Gasteiger partial charge in [-0.1, -0.05) is 49.2 Å². The van der Waals surface area contributed by atoms with Gasteiger partial charge in [0.1, 0.15) is 12.4 Å². The van der Waals surface area contributed by atoms with Gasteiger partial charge in [-0.05, 0) is 30.5 Å². The van der Waals surface area contributed by atoms with Crippen LogP contribution in [0.15, 0.2) is 54.6 Å². The first kappa shape index (κ1) is 17.3. The second kappa shape index (κ2) is 9.11. The van der Waals surface area contributed by atoms with Crippen molar-refractivity contribution < 1.29 is 9.53 Å². The van der Waals surface area contributed by atoms with Crippen LogP contribution in [0.1, 0.15) is 31.2 Å². The molecule has 0 aliphatic carbocycles. The summed E-state index contributed by atoms with van der Waals surface area (Å²) in [6, 6.07) is 17.9. The van der Waals surface area contributed by atoms with Crippen molar-refractivity contribution in [1.82, 2.24) is 4.90 Å². The number of carbonyl (C=O) groups excluding carboxylic acids is 1. The van der Waals surface area contributed by atoms with Gasteiger partial charge in [-0.25, -0.2) is 0 Å². The monoisotopic (exact) mass is 338 g/mol. The number of amides is 1. The normalized spacial score (nSPS) is 14.6. The maximum absolute atomic E-state index is 12.4. The van der Waals surface area contributed by atoms with Gasteiger partial charge in [0.05, 0.1) is 6.54 Å². The number of carbonyl (C=O) groups is 1. The molecule has 25 heavy (non-hydrogen) atoms. The predicted molar refractivity (Wildman–Crippen MR) is 101 cm³/mol. The first-order valence-electron chi connectivity index (χ1n) is 9.10. The number of hydrogen-bond acceptors (Lipinski definition) is 3. The predicted octanol–water partition coefficient (Wildman–Crippen LogP) is 4.08. The largest absolute Gasteiger partial charge is 0.489 e. The maximum atomic E-state index is 12.4. The van der Waals surface area contributed by atoms with Gasteiger partial charge in [0.2, 0.25) is 5.91 Å². The number of likely N-dealkylation sites (tertiary alicyclic amines) is 1. The molecule has 1 fully saturated rings. The van der Waals surface area contributed by atoms with Gasteiger partial charge in [0.25, 0.3) is 0 Å². The highest BCUT2D eigenvalue weighted by atomic mass is 16.5. The number of ether oxygens (including phenoxy) is 1. The van der Waals surface area contributed by atoms with Gasteiger partial charge in [-0.15, -0.1) is 0 Å². The molecule has 1 aliphatic heterocycles. The van der Waals surface area contributed by atoms with E-state index in [4.69, 9.17) is 4.74 Å². The van der Waals surface area contributed by atoms with E-state index in [-0.39, 0.29) is 5.91 Å². The molecule has 0 radical (unpaired) electrons. The molecule has 0 atom stereocenters. The molecular weight excluding hydrogens is 312 g/mol. The minimum atomic E-state index is 0.178. The van der Waals surface area contributed by atoms with Crippen molar-refractivity contribution in [1.29, 1.82) is 0 Å². The van der Waals surface area contributed by atoms with Crippen molar-refractivity contribution in [2.75, 3.05) is 25.0 Å². The molecule has 0 bridgehead atoms. The van der Waals surface area contributed by atoms with Gasteiger partial charge >= 0.3 is 0 Å². The van der Waals surface area contributed by atoms with Gasteiger partial charge in [-0.3, -0.25) is 4.79 Å². The van der Waals surface area contributed by atoms with Crippen LogP contribution in [0.3, 0.4) is 0 Å². The molecule has 4 nitrogen and oxygen atoms in total. The summed E-state index contributed by atoms with van der Waals surface area (Å²) in [6.07, 6.45) is 4.71. The average molecular weight is 338 g/mol. The van der Waals surface area contributed by atoms with Crippen molar-refractivity contribution in [2.45, 2.75) is 32.3 Å². The van der Waals surface area contributed by atoms with Crippen molar-refractivity contribution in [2.24, 2.45) is 0 Å². The van der Waals surface area contributed by atoms with Crippen LogP contribution in [0, 0.1) is 0 Å². The van der Waals surface area contributed by atoms with Gasteiger partial charge in [0, 0.05) is 24.8 Å². The molecule has 1 saturated heterocycles. The fraction of sp³-hybridized carbons (Fsp3) is 0.381. The van der Waals surface area contributed by atoms with Crippen LogP contribution in [0.25, 0.3) is 0 Å². The molecule has 3 rings (SSSR count). The summed E-state index contributed by atoms with van der Waals surface area (Å²) in [5.74, 6) is 0.980. The van der Waals surface area contributed by atoms with Gasteiger partial charge in [-0.2, -0.15) is 0 Å². The molecule has 1 heterocycles. The molecule has 1 N–H and O–H groups in total. The van der Waals surface area contributed by atoms with Crippen molar-refractivity contribution >= 4 is 11.6 Å². The van der Waals surface area contributed by atoms with Crippen LogP contribution in [-0.2, 0) is 11.4 Å². The summed E-state index contributed by atoms with van der Waals surface area (Å²) in [7, 11) is 0. The molecule has 0 spiro atoms. The van der Waals surface area contributed by atoms with Crippen molar-refractivity contribution in [3.63, 3.8) is 0 Å². The van der Waals surface area contributed by atoms with E-state index >= 15 is 0 Å². The molecule has 0 aromatic heterocycles. The first-order chi connectivity index (χ1) is 12.3. The molecule has 132 valence electrons. The highest BCUT2D eigenvalue weighted by Crippen LogP contribution is 2.19. The Morgan fingerprint density at radius 2 is 1.72 bits per heavy atom. The number of nitrogens with one attached hydrogen (secondary N) is 1. The number of rotatable bonds is 6.